The monoisotopic (exact) mass is 338 g/mol. The minimum Gasteiger partial charge on any atom is -0.311 e. The Labute approximate surface area is 132 Å². The number of halogens is 1. The van der Waals surface area contributed by atoms with E-state index in [9.17, 15) is 17.6 Å². The lowest BCUT2D eigenvalue weighted by Crippen LogP contribution is -2.24. The van der Waals surface area contributed by atoms with Crippen LogP contribution in [0.1, 0.15) is 16.8 Å². The average Bonchev–Trinajstić information content (AvgIpc) is 3.03. The minimum absolute atomic E-state index is 0.0872. The van der Waals surface area contributed by atoms with Gasteiger partial charge in [0, 0.05) is 12.1 Å². The number of H-pyrrole nitrogens is 1. The molecule has 2 heterocycles. The summed E-state index contributed by atoms with van der Waals surface area (Å²) in [6.45, 7) is 0.370. The molecule has 1 aliphatic heterocycles. The van der Waals surface area contributed by atoms with E-state index in [0.29, 0.717) is 22.6 Å². The van der Waals surface area contributed by atoms with Gasteiger partial charge in [-0.2, -0.15) is 9.40 Å². The van der Waals surface area contributed by atoms with Gasteiger partial charge in [0.15, 0.2) is 0 Å². The number of benzene rings is 1. The molecule has 1 aromatic carbocycles. The number of anilines is 1. The Morgan fingerprint density at radius 3 is 2.70 bits per heavy atom. The van der Waals surface area contributed by atoms with E-state index in [1.807, 2.05) is 0 Å². The molecule has 23 heavy (non-hydrogen) atoms. The topological polar surface area (TPSA) is 95.2 Å². The molecule has 122 valence electrons. The van der Waals surface area contributed by atoms with Gasteiger partial charge in [0.2, 0.25) is 15.9 Å². The fourth-order valence-electron chi connectivity index (χ4n) is 2.41. The van der Waals surface area contributed by atoms with Gasteiger partial charge in [0.25, 0.3) is 0 Å². The molecule has 3 rings (SSSR count). The fraction of sp³-hybridized carbons (Fsp3) is 0.286. The molecule has 2 N–H and O–H groups in total. The van der Waals surface area contributed by atoms with Crippen molar-refractivity contribution in [3.05, 3.63) is 46.9 Å². The van der Waals surface area contributed by atoms with Crippen LogP contribution in [0.2, 0.25) is 0 Å². The molecule has 0 unspecified atom stereocenters. The van der Waals surface area contributed by atoms with Crippen molar-refractivity contribution in [1.82, 2.24) is 14.5 Å². The van der Waals surface area contributed by atoms with Gasteiger partial charge in [-0.1, -0.05) is 12.1 Å². The van der Waals surface area contributed by atoms with E-state index in [4.69, 9.17) is 0 Å². The maximum Gasteiger partial charge on any atom is 0.229 e. The molecule has 7 nitrogen and oxygen atoms in total. The van der Waals surface area contributed by atoms with Crippen LogP contribution in [0.4, 0.5) is 10.2 Å². The van der Waals surface area contributed by atoms with Crippen molar-refractivity contribution in [2.45, 2.75) is 19.5 Å². The molecular formula is C14H15FN4O3S. The molecule has 0 bridgehead atoms. The number of aromatic nitrogens is 2. The van der Waals surface area contributed by atoms with Gasteiger partial charge in [0.05, 0.1) is 24.9 Å². The Balaban J connectivity index is 1.68. The second-order valence-corrected chi connectivity index (χ2v) is 7.39. The number of nitrogens with zero attached hydrogens (tertiary/aromatic N) is 2. The number of hydrogen-bond acceptors (Lipinski definition) is 4. The largest absolute Gasteiger partial charge is 0.311 e. The van der Waals surface area contributed by atoms with E-state index >= 15 is 0 Å². The van der Waals surface area contributed by atoms with Crippen molar-refractivity contribution >= 4 is 21.7 Å². The second-order valence-electron chi connectivity index (χ2n) is 5.41. The predicted molar refractivity (Wildman–Crippen MR) is 81.4 cm³/mol. The van der Waals surface area contributed by atoms with Gasteiger partial charge in [-0.05, 0) is 17.7 Å². The Hall–Kier alpha value is -2.26. The van der Waals surface area contributed by atoms with Gasteiger partial charge in [-0.25, -0.2) is 12.8 Å². The van der Waals surface area contributed by atoms with Crippen LogP contribution in [0.25, 0.3) is 0 Å². The molecule has 0 spiro atoms. The van der Waals surface area contributed by atoms with Crippen molar-refractivity contribution in [3.63, 3.8) is 0 Å². The fourth-order valence-corrected chi connectivity index (χ4v) is 3.13. The van der Waals surface area contributed by atoms with Crippen LogP contribution in [0, 0.1) is 5.82 Å². The molecule has 0 fully saturated rings. The molecule has 0 aliphatic carbocycles. The summed E-state index contributed by atoms with van der Waals surface area (Å²) in [5.41, 5.74) is 1.95. The smallest absolute Gasteiger partial charge is 0.229 e. The minimum atomic E-state index is -3.31. The van der Waals surface area contributed by atoms with E-state index in [1.165, 1.54) is 28.6 Å². The van der Waals surface area contributed by atoms with E-state index in [0.717, 1.165) is 6.26 Å². The Bertz CT molecular complexity index is 845. The van der Waals surface area contributed by atoms with E-state index in [-0.39, 0.29) is 31.2 Å². The van der Waals surface area contributed by atoms with Gasteiger partial charge in [-0.3, -0.25) is 9.89 Å². The molecule has 1 amide bonds. The standard InChI is InChI=1S/C14H15FN4O3S/c1-23(21,22)19-7-11-12(8-19)17-18-14(11)16-13(20)6-9-2-4-10(15)5-3-9/h2-5H,6-8H2,1H3,(H2,16,17,18,20). The number of carbonyl (C=O) groups excluding carboxylic acids is 1. The SMILES string of the molecule is CS(=O)(=O)N1Cc2n[nH]c(NC(=O)Cc3ccc(F)cc3)c2C1. The zero-order valence-electron chi connectivity index (χ0n) is 12.3. The first-order valence-electron chi connectivity index (χ1n) is 6.88. The van der Waals surface area contributed by atoms with Crippen LogP contribution in [0.3, 0.4) is 0 Å². The number of rotatable bonds is 4. The number of hydrogen-bond donors (Lipinski definition) is 2. The Kier molecular flexibility index (Phi) is 3.90. The number of nitrogens with one attached hydrogen (secondary N) is 2. The van der Waals surface area contributed by atoms with Gasteiger partial charge >= 0.3 is 0 Å². The summed E-state index contributed by atoms with van der Waals surface area (Å²) in [7, 11) is -3.31. The third-order valence-electron chi connectivity index (χ3n) is 3.62. The molecule has 1 aliphatic rings. The highest BCUT2D eigenvalue weighted by atomic mass is 32.2. The summed E-state index contributed by atoms with van der Waals surface area (Å²) < 4.78 is 37.3. The van der Waals surface area contributed by atoms with Crippen molar-refractivity contribution in [3.8, 4) is 0 Å². The Morgan fingerprint density at radius 1 is 1.35 bits per heavy atom. The van der Waals surface area contributed by atoms with Crippen molar-refractivity contribution in [2.24, 2.45) is 0 Å². The predicted octanol–water partition coefficient (Wildman–Crippen LogP) is 1.01. The molecule has 0 saturated heterocycles. The first kappa shape index (κ1) is 15.6. The number of aromatic amines is 1. The summed E-state index contributed by atoms with van der Waals surface area (Å²) in [5.74, 6) is -0.250. The van der Waals surface area contributed by atoms with Crippen molar-refractivity contribution in [1.29, 1.82) is 0 Å². The maximum atomic E-state index is 12.8. The zero-order chi connectivity index (χ0) is 16.6. The van der Waals surface area contributed by atoms with E-state index < -0.39 is 10.0 Å². The molecule has 0 saturated carbocycles. The number of carbonyl (C=O) groups is 1. The average molecular weight is 338 g/mol. The lowest BCUT2D eigenvalue weighted by atomic mass is 10.1. The van der Waals surface area contributed by atoms with Gasteiger partial charge in [-0.15, -0.1) is 0 Å². The molecular weight excluding hydrogens is 323 g/mol. The zero-order valence-corrected chi connectivity index (χ0v) is 13.2. The van der Waals surface area contributed by atoms with E-state index in [1.54, 1.807) is 0 Å². The lowest BCUT2D eigenvalue weighted by molar-refractivity contribution is -0.115. The number of amides is 1. The molecule has 2 aromatic rings. The quantitative estimate of drug-likeness (QED) is 0.869. The van der Waals surface area contributed by atoms with Crippen LogP contribution in [0.5, 0.6) is 0 Å². The van der Waals surface area contributed by atoms with Crippen LogP contribution >= 0.6 is 0 Å². The van der Waals surface area contributed by atoms with Crippen molar-refractivity contribution < 1.29 is 17.6 Å². The maximum absolute atomic E-state index is 12.8. The van der Waals surface area contributed by atoms with E-state index in [2.05, 4.69) is 15.5 Å². The molecule has 1 aromatic heterocycles. The summed E-state index contributed by atoms with van der Waals surface area (Å²) >= 11 is 0. The Morgan fingerprint density at radius 2 is 2.04 bits per heavy atom. The molecule has 0 atom stereocenters. The van der Waals surface area contributed by atoms with Crippen LogP contribution in [-0.4, -0.2) is 35.1 Å². The molecule has 9 heteroatoms. The number of sulfonamides is 1. The summed E-state index contributed by atoms with van der Waals surface area (Å²) in [5, 5.41) is 9.43. The lowest BCUT2D eigenvalue weighted by Gasteiger charge is -2.12. The highest BCUT2D eigenvalue weighted by Crippen LogP contribution is 2.28. The molecule has 0 radical (unpaired) electrons. The second kappa shape index (κ2) is 5.74. The summed E-state index contributed by atoms with van der Waals surface area (Å²) in [6.07, 6.45) is 1.22. The summed E-state index contributed by atoms with van der Waals surface area (Å²) in [6, 6.07) is 5.66. The third-order valence-corrected chi connectivity index (χ3v) is 4.82. The van der Waals surface area contributed by atoms with Crippen LogP contribution in [0.15, 0.2) is 24.3 Å². The normalized spacial score (nSPS) is 14.7. The first-order chi connectivity index (χ1) is 10.8. The van der Waals surface area contributed by atoms with Gasteiger partial charge in [0.1, 0.15) is 11.6 Å². The van der Waals surface area contributed by atoms with Gasteiger partial charge < -0.3 is 5.32 Å². The number of fused-ring (bicyclic) bond motifs is 1. The summed E-state index contributed by atoms with van der Waals surface area (Å²) in [4.78, 5) is 12.1. The van der Waals surface area contributed by atoms with Crippen LogP contribution in [-0.2, 0) is 34.3 Å². The van der Waals surface area contributed by atoms with Crippen molar-refractivity contribution in [2.75, 3.05) is 11.6 Å². The first-order valence-corrected chi connectivity index (χ1v) is 8.73. The highest BCUT2D eigenvalue weighted by molar-refractivity contribution is 7.88. The van der Waals surface area contributed by atoms with Crippen LogP contribution < -0.4 is 5.32 Å². The third kappa shape index (κ3) is 3.40. The highest BCUT2D eigenvalue weighted by Gasteiger charge is 2.30.